The van der Waals surface area contributed by atoms with E-state index in [1.165, 1.54) is 0 Å². The van der Waals surface area contributed by atoms with Crippen molar-refractivity contribution in [1.82, 2.24) is 10.6 Å². The second kappa shape index (κ2) is 13.2. The summed E-state index contributed by atoms with van der Waals surface area (Å²) in [7, 11) is 0. The van der Waals surface area contributed by atoms with Gasteiger partial charge in [-0.15, -0.1) is 23.2 Å². The Morgan fingerprint density at radius 3 is 2.35 bits per heavy atom. The summed E-state index contributed by atoms with van der Waals surface area (Å²) in [6.07, 6.45) is -6.60. The molecule has 0 spiro atoms. The van der Waals surface area contributed by atoms with Gasteiger partial charge < -0.3 is 35.6 Å². The van der Waals surface area contributed by atoms with Gasteiger partial charge >= 0.3 is 6.03 Å². The molecule has 31 heavy (non-hydrogen) atoms. The van der Waals surface area contributed by atoms with Crippen molar-refractivity contribution < 1.29 is 29.2 Å². The average molecular weight is 482 g/mol. The molecule has 1 aliphatic rings. The fourth-order valence-electron chi connectivity index (χ4n) is 3.32. The maximum absolute atomic E-state index is 14.1. The third-order valence-electron chi connectivity index (χ3n) is 5.06. The molecule has 11 heteroatoms. The molecule has 8 nitrogen and oxygen atoms in total. The van der Waals surface area contributed by atoms with Gasteiger partial charge in [0.05, 0.1) is 6.61 Å². The second-order valence-corrected chi connectivity index (χ2v) is 7.99. The van der Waals surface area contributed by atoms with Gasteiger partial charge in [-0.3, -0.25) is 0 Å². The van der Waals surface area contributed by atoms with Crippen LogP contribution >= 0.6 is 23.2 Å². The number of nitrogens with one attached hydrogen (secondary N) is 2. The topological polar surface area (TPSA) is 114 Å². The maximum atomic E-state index is 14.1. The van der Waals surface area contributed by atoms with Crippen LogP contribution in [0.3, 0.4) is 0 Å². The van der Waals surface area contributed by atoms with E-state index in [0.717, 1.165) is 17.7 Å². The number of carbonyl (C=O) groups is 1. The summed E-state index contributed by atoms with van der Waals surface area (Å²) in [6, 6.07) is 7.37. The Hall–Kier alpha value is -1.36. The Morgan fingerprint density at radius 1 is 1.13 bits per heavy atom. The van der Waals surface area contributed by atoms with Crippen LogP contribution in [-0.4, -0.2) is 90.1 Å². The smallest absolute Gasteiger partial charge is 0.316 e. The molecule has 2 amide bonds. The lowest BCUT2D eigenvalue weighted by molar-refractivity contribution is -0.216. The molecule has 1 aromatic carbocycles. The first kappa shape index (κ1) is 25.9. The van der Waals surface area contributed by atoms with E-state index >= 15 is 0 Å². The highest BCUT2D eigenvalue weighted by Gasteiger charge is 2.45. The lowest BCUT2D eigenvalue weighted by Gasteiger charge is -2.38. The monoisotopic (exact) mass is 481 g/mol. The number of alkyl halides is 3. The number of rotatable bonds is 11. The van der Waals surface area contributed by atoms with Crippen molar-refractivity contribution in [2.24, 2.45) is 0 Å². The molecule has 0 aromatic heterocycles. The fraction of sp³-hybridized carbons (Fsp3) is 0.650. The van der Waals surface area contributed by atoms with E-state index in [9.17, 15) is 19.4 Å². The van der Waals surface area contributed by atoms with Gasteiger partial charge in [-0.2, -0.15) is 0 Å². The molecule has 0 saturated carbocycles. The van der Waals surface area contributed by atoms with Gasteiger partial charge in [0.25, 0.3) is 0 Å². The average Bonchev–Trinajstić information content (AvgIpc) is 2.77. The quantitative estimate of drug-likeness (QED) is 0.237. The van der Waals surface area contributed by atoms with Crippen molar-refractivity contribution in [2.45, 2.75) is 43.6 Å². The molecule has 0 bridgehead atoms. The number of anilines is 1. The highest BCUT2D eigenvalue weighted by atomic mass is 35.5. The van der Waals surface area contributed by atoms with Crippen molar-refractivity contribution >= 4 is 34.9 Å². The molecule has 1 aromatic rings. The van der Waals surface area contributed by atoms with E-state index in [-0.39, 0.29) is 0 Å². The van der Waals surface area contributed by atoms with Crippen molar-refractivity contribution in [2.75, 3.05) is 42.9 Å². The Morgan fingerprint density at radius 2 is 1.77 bits per heavy atom. The summed E-state index contributed by atoms with van der Waals surface area (Å²) in [5, 5.41) is 33.3. The zero-order valence-corrected chi connectivity index (χ0v) is 18.6. The lowest BCUT2D eigenvalue weighted by Crippen LogP contribution is -2.62. The van der Waals surface area contributed by atoms with Crippen LogP contribution in [0.5, 0.6) is 0 Å². The van der Waals surface area contributed by atoms with Crippen LogP contribution in [-0.2, 0) is 11.2 Å². The Balaban J connectivity index is 1.74. The molecule has 176 valence electrons. The molecular formula is C20H30Cl2FN3O5. The second-order valence-electron chi connectivity index (χ2n) is 7.24. The normalized spacial score (nSPS) is 25.8. The van der Waals surface area contributed by atoms with Crippen LogP contribution < -0.4 is 15.5 Å². The number of ether oxygens (including phenoxy) is 1. The molecule has 1 heterocycles. The molecule has 5 atom stereocenters. The van der Waals surface area contributed by atoms with E-state index in [1.54, 1.807) is 0 Å². The van der Waals surface area contributed by atoms with Gasteiger partial charge in [-0.05, 0) is 30.5 Å². The number of urea groups is 1. The number of benzene rings is 1. The van der Waals surface area contributed by atoms with Gasteiger partial charge in [0.1, 0.15) is 18.3 Å². The predicted molar refractivity (Wildman–Crippen MR) is 118 cm³/mol. The summed E-state index contributed by atoms with van der Waals surface area (Å²) in [5.41, 5.74) is 2.15. The van der Waals surface area contributed by atoms with Crippen molar-refractivity contribution in [3.8, 4) is 0 Å². The first-order chi connectivity index (χ1) is 14.9. The van der Waals surface area contributed by atoms with Crippen LogP contribution in [0.1, 0.15) is 12.0 Å². The number of hydrogen-bond donors (Lipinski definition) is 5. The van der Waals surface area contributed by atoms with Gasteiger partial charge in [0.2, 0.25) is 0 Å². The lowest BCUT2D eigenvalue weighted by atomic mass is 9.99. The van der Waals surface area contributed by atoms with Gasteiger partial charge in [-0.25, -0.2) is 9.18 Å². The first-order valence-corrected chi connectivity index (χ1v) is 11.2. The molecule has 0 unspecified atom stereocenters. The molecule has 1 fully saturated rings. The minimum absolute atomic E-state index is 0.344. The van der Waals surface area contributed by atoms with Gasteiger partial charge in [0.15, 0.2) is 12.4 Å². The number of carbonyl (C=O) groups excluding carboxylic acids is 1. The maximum Gasteiger partial charge on any atom is 0.316 e. The van der Waals surface area contributed by atoms with E-state index in [1.807, 2.05) is 24.3 Å². The Labute approximate surface area is 191 Å². The standard InChI is InChI=1S/C20H30Cl2FN3O5/c21-7-10-26(11-8-22)14-5-3-13(4-6-14)2-1-9-24-20(30)25-19-16(23)18(29)17(28)15(12-27)31-19/h3-6,15-19,27-29H,1-2,7-12H2,(H2,24,25,30)/t15-,16-,17-,18-,19-/m1/s1. The minimum atomic E-state index is -2.01. The third-order valence-corrected chi connectivity index (χ3v) is 5.40. The largest absolute Gasteiger partial charge is 0.394 e. The highest BCUT2D eigenvalue weighted by Crippen LogP contribution is 2.22. The van der Waals surface area contributed by atoms with Crippen LogP contribution in [0.15, 0.2) is 24.3 Å². The minimum Gasteiger partial charge on any atom is -0.394 e. The number of aliphatic hydroxyl groups excluding tert-OH is 3. The fourth-order valence-corrected chi connectivity index (χ4v) is 3.73. The van der Waals surface area contributed by atoms with Crippen LogP contribution in [0, 0.1) is 0 Å². The summed E-state index contributed by atoms with van der Waals surface area (Å²) in [5.74, 6) is 1.03. The number of hydrogen-bond acceptors (Lipinski definition) is 6. The number of halogens is 3. The molecule has 1 aliphatic heterocycles. The number of nitrogens with zero attached hydrogens (tertiary/aromatic N) is 1. The zero-order chi connectivity index (χ0) is 22.8. The zero-order valence-electron chi connectivity index (χ0n) is 17.1. The molecule has 2 rings (SSSR count). The van der Waals surface area contributed by atoms with Gasteiger partial charge in [0, 0.05) is 37.1 Å². The number of aliphatic hydroxyl groups is 3. The van der Waals surface area contributed by atoms with Crippen LogP contribution in [0.4, 0.5) is 14.9 Å². The van der Waals surface area contributed by atoms with E-state index in [4.69, 9.17) is 33.0 Å². The Kier molecular flexibility index (Phi) is 11.1. The SMILES string of the molecule is O=C(NCCCc1ccc(N(CCCl)CCCl)cc1)N[C@@H]1O[C@H](CO)[C@@H](O)[C@H](O)[C@H]1F. The Bertz CT molecular complexity index is 665. The van der Waals surface area contributed by atoms with Crippen molar-refractivity contribution in [1.29, 1.82) is 0 Å². The van der Waals surface area contributed by atoms with Gasteiger partial charge in [-0.1, -0.05) is 12.1 Å². The molecule has 5 N–H and O–H groups in total. The molecule has 0 aliphatic carbocycles. The summed E-state index contributed by atoms with van der Waals surface area (Å²) < 4.78 is 19.2. The summed E-state index contributed by atoms with van der Waals surface area (Å²) in [4.78, 5) is 14.1. The number of aryl methyl sites for hydroxylation is 1. The van der Waals surface area contributed by atoms with Crippen LogP contribution in [0.25, 0.3) is 0 Å². The summed E-state index contributed by atoms with van der Waals surface area (Å²) in [6.45, 7) is 1.16. The third kappa shape index (κ3) is 7.62. The molecular weight excluding hydrogens is 452 g/mol. The molecule has 1 saturated heterocycles. The van der Waals surface area contributed by atoms with Crippen LogP contribution in [0.2, 0.25) is 0 Å². The van der Waals surface area contributed by atoms with Crippen molar-refractivity contribution in [3.05, 3.63) is 29.8 Å². The van der Waals surface area contributed by atoms with E-state index in [0.29, 0.717) is 37.8 Å². The first-order valence-electron chi connectivity index (χ1n) is 10.2. The molecule has 0 radical (unpaired) electrons. The predicted octanol–water partition coefficient (Wildman–Crippen LogP) is 0.979. The van der Waals surface area contributed by atoms with E-state index in [2.05, 4.69) is 15.5 Å². The van der Waals surface area contributed by atoms with Crippen molar-refractivity contribution in [3.63, 3.8) is 0 Å². The number of amides is 2. The highest BCUT2D eigenvalue weighted by molar-refractivity contribution is 6.18. The summed E-state index contributed by atoms with van der Waals surface area (Å²) >= 11 is 11.7. The van der Waals surface area contributed by atoms with E-state index < -0.39 is 43.3 Å².